The molecule has 1 aromatic heterocycles. The predicted molar refractivity (Wildman–Crippen MR) is 56.6 cm³/mol. The van der Waals surface area contributed by atoms with Crippen LogP contribution in [0.15, 0.2) is 11.2 Å². The summed E-state index contributed by atoms with van der Waals surface area (Å²) in [5.41, 5.74) is 1.27. The van der Waals surface area contributed by atoms with Crippen molar-refractivity contribution in [3.63, 3.8) is 0 Å². The van der Waals surface area contributed by atoms with Gasteiger partial charge in [0.25, 0.3) is 5.03 Å². The summed E-state index contributed by atoms with van der Waals surface area (Å²) in [6.45, 7) is 3.49. The monoisotopic (exact) mass is 227 g/mol. The lowest BCUT2D eigenvalue weighted by Gasteiger charge is -2.06. The summed E-state index contributed by atoms with van der Waals surface area (Å²) < 4.78 is 0.852. The Labute approximate surface area is 90.9 Å². The van der Waals surface area contributed by atoms with E-state index in [0.29, 0.717) is 21.5 Å². The Morgan fingerprint density at radius 1 is 1.64 bits per heavy atom. The zero-order valence-corrected chi connectivity index (χ0v) is 9.48. The van der Waals surface area contributed by atoms with Crippen LogP contribution in [0.5, 0.6) is 0 Å². The lowest BCUT2D eigenvalue weighted by Crippen LogP contribution is -2.34. The average Bonchev–Trinajstić information content (AvgIpc) is 2.18. The number of nitrogens with zero attached hydrogens (tertiary/aromatic N) is 3. The molecule has 0 amide bonds. The lowest BCUT2D eigenvalue weighted by atomic mass is 10.4. The molecule has 0 bridgehead atoms. The quantitative estimate of drug-likeness (QED) is 0.196. The highest BCUT2D eigenvalue weighted by molar-refractivity contribution is 8.18. The number of hydrogen-bond donors (Lipinski definition) is 0. The Hall–Kier alpha value is -0.930. The van der Waals surface area contributed by atoms with E-state index in [9.17, 15) is 5.21 Å². The Morgan fingerprint density at radius 2 is 2.36 bits per heavy atom. The fourth-order valence-corrected chi connectivity index (χ4v) is 2.30. The van der Waals surface area contributed by atoms with Gasteiger partial charge in [0.15, 0.2) is 0 Å². The molecule has 0 aliphatic rings. The lowest BCUT2D eigenvalue weighted by molar-refractivity contribution is -0.653. The van der Waals surface area contributed by atoms with Crippen LogP contribution < -0.4 is 4.73 Å². The van der Waals surface area contributed by atoms with Crippen molar-refractivity contribution in [2.24, 2.45) is 0 Å². The molecule has 0 aliphatic heterocycles. The molecular weight excluding hydrogens is 218 g/mol. The number of hydrogen-bond acceptors (Lipinski definition) is 5. The van der Waals surface area contributed by atoms with Crippen molar-refractivity contribution >= 4 is 23.5 Å². The van der Waals surface area contributed by atoms with Crippen molar-refractivity contribution in [2.45, 2.75) is 18.9 Å². The highest BCUT2D eigenvalue weighted by atomic mass is 32.2. The third kappa shape index (κ3) is 2.53. The SMILES string of the molecule is Cc1ncc(C)[n+]([O-])c1SCSC#N. The molecular formula is C8H9N3OS2. The molecule has 0 saturated carbocycles. The van der Waals surface area contributed by atoms with Gasteiger partial charge < -0.3 is 5.21 Å². The van der Waals surface area contributed by atoms with Crippen molar-refractivity contribution in [3.05, 3.63) is 22.8 Å². The van der Waals surface area contributed by atoms with Crippen LogP contribution in [-0.4, -0.2) is 10.1 Å². The number of aromatic nitrogens is 2. The normalized spacial score (nSPS) is 9.79. The fourth-order valence-electron chi connectivity index (χ4n) is 0.880. The van der Waals surface area contributed by atoms with Crippen LogP contribution in [0.1, 0.15) is 11.4 Å². The average molecular weight is 227 g/mol. The first-order valence-electron chi connectivity index (χ1n) is 3.86. The van der Waals surface area contributed by atoms with E-state index in [0.717, 1.165) is 16.5 Å². The second kappa shape index (κ2) is 5.08. The molecule has 0 unspecified atom stereocenters. The molecule has 14 heavy (non-hydrogen) atoms. The Morgan fingerprint density at radius 3 is 3.00 bits per heavy atom. The molecule has 1 heterocycles. The number of nitriles is 1. The van der Waals surface area contributed by atoms with Crippen molar-refractivity contribution in [3.8, 4) is 5.40 Å². The van der Waals surface area contributed by atoms with Crippen LogP contribution in [-0.2, 0) is 0 Å². The van der Waals surface area contributed by atoms with Gasteiger partial charge in [-0.15, -0.1) is 0 Å². The van der Waals surface area contributed by atoms with Gasteiger partial charge in [0.2, 0.25) is 5.69 Å². The maximum atomic E-state index is 11.5. The smallest absolute Gasteiger partial charge is 0.273 e. The van der Waals surface area contributed by atoms with Crippen LogP contribution >= 0.6 is 23.5 Å². The molecule has 0 aromatic carbocycles. The summed E-state index contributed by atoms with van der Waals surface area (Å²) in [6.07, 6.45) is 1.55. The highest BCUT2D eigenvalue weighted by Gasteiger charge is 2.13. The Kier molecular flexibility index (Phi) is 4.04. The number of thiocyanates is 1. The van der Waals surface area contributed by atoms with Gasteiger partial charge >= 0.3 is 0 Å². The van der Waals surface area contributed by atoms with Crippen molar-refractivity contribution in [1.29, 1.82) is 5.26 Å². The second-order valence-corrected chi connectivity index (χ2v) is 4.67. The summed E-state index contributed by atoms with van der Waals surface area (Å²) in [6, 6.07) is 0. The molecule has 74 valence electrons. The van der Waals surface area contributed by atoms with E-state index in [1.807, 2.05) is 5.40 Å². The van der Waals surface area contributed by atoms with Gasteiger partial charge in [0.05, 0.1) is 11.3 Å². The van der Waals surface area contributed by atoms with Gasteiger partial charge in [0, 0.05) is 6.92 Å². The van der Waals surface area contributed by atoms with E-state index >= 15 is 0 Å². The first-order valence-corrected chi connectivity index (χ1v) is 5.83. The number of aryl methyl sites for hydroxylation is 2. The molecule has 0 atom stereocenters. The van der Waals surface area contributed by atoms with Crippen LogP contribution in [0, 0.1) is 29.7 Å². The maximum absolute atomic E-state index is 11.5. The first-order chi connectivity index (χ1) is 6.66. The van der Waals surface area contributed by atoms with E-state index in [2.05, 4.69) is 4.98 Å². The molecule has 0 aliphatic carbocycles. The summed E-state index contributed by atoms with van der Waals surface area (Å²) in [4.78, 5) is 4.08. The fraction of sp³-hybridized carbons (Fsp3) is 0.375. The van der Waals surface area contributed by atoms with Gasteiger partial charge in [-0.25, -0.2) is 4.98 Å². The van der Waals surface area contributed by atoms with Crippen LogP contribution in [0.25, 0.3) is 0 Å². The second-order valence-electron chi connectivity index (χ2n) is 2.58. The number of rotatable bonds is 3. The van der Waals surface area contributed by atoms with Crippen molar-refractivity contribution < 1.29 is 4.73 Å². The number of thioether (sulfide) groups is 2. The molecule has 0 saturated heterocycles. The zero-order chi connectivity index (χ0) is 10.6. The van der Waals surface area contributed by atoms with Gasteiger partial charge in [-0.05, 0) is 30.4 Å². The molecule has 0 radical (unpaired) electrons. The predicted octanol–water partition coefficient (Wildman–Crippen LogP) is 1.60. The van der Waals surface area contributed by atoms with Crippen molar-refractivity contribution in [2.75, 3.05) is 5.08 Å². The van der Waals surface area contributed by atoms with Gasteiger partial charge in [-0.2, -0.15) is 9.99 Å². The molecule has 1 rings (SSSR count). The van der Waals surface area contributed by atoms with Crippen LogP contribution in [0.2, 0.25) is 0 Å². The van der Waals surface area contributed by atoms with E-state index in [1.165, 1.54) is 11.8 Å². The highest BCUT2D eigenvalue weighted by Crippen LogP contribution is 2.20. The van der Waals surface area contributed by atoms with Crippen LogP contribution in [0.4, 0.5) is 0 Å². The summed E-state index contributed by atoms with van der Waals surface area (Å²) in [5.74, 6) is 0. The molecule has 0 fully saturated rings. The van der Waals surface area contributed by atoms with Crippen LogP contribution in [0.3, 0.4) is 0 Å². The standard InChI is InChI=1S/C8H9N3OS2/c1-6-3-10-7(2)8(11(6)12)14-5-13-4-9/h3H,5H2,1-2H3. The van der Waals surface area contributed by atoms with E-state index in [4.69, 9.17) is 5.26 Å². The topological polar surface area (TPSA) is 63.6 Å². The van der Waals surface area contributed by atoms with E-state index in [-0.39, 0.29) is 0 Å². The van der Waals surface area contributed by atoms with E-state index < -0.39 is 0 Å². The minimum absolute atomic E-state index is 0.546. The molecule has 4 nitrogen and oxygen atoms in total. The van der Waals surface area contributed by atoms with Gasteiger partial charge in [-0.1, -0.05) is 0 Å². The maximum Gasteiger partial charge on any atom is 0.273 e. The molecule has 0 N–H and O–H groups in total. The molecule has 0 spiro atoms. The largest absolute Gasteiger partial charge is 0.618 e. The Balaban J connectivity index is 2.85. The third-order valence-corrected chi connectivity index (χ3v) is 3.39. The van der Waals surface area contributed by atoms with Gasteiger partial charge in [0.1, 0.15) is 11.1 Å². The Bertz CT molecular complexity index is 376. The summed E-state index contributed by atoms with van der Waals surface area (Å²) in [7, 11) is 0. The van der Waals surface area contributed by atoms with Crippen molar-refractivity contribution in [1.82, 2.24) is 4.98 Å². The van der Waals surface area contributed by atoms with Gasteiger partial charge in [-0.3, -0.25) is 0 Å². The minimum Gasteiger partial charge on any atom is -0.618 e. The first kappa shape index (κ1) is 11.1. The molecule has 6 heteroatoms. The molecule has 1 aromatic rings. The minimum atomic E-state index is 0.546. The summed E-state index contributed by atoms with van der Waals surface area (Å²) >= 11 is 2.46. The third-order valence-electron chi connectivity index (χ3n) is 1.58. The zero-order valence-electron chi connectivity index (χ0n) is 7.85. The van der Waals surface area contributed by atoms with E-state index in [1.54, 1.807) is 20.0 Å². The summed E-state index contributed by atoms with van der Waals surface area (Å²) in [5, 5.41) is 23.0.